The molecule has 0 aliphatic heterocycles. The minimum Gasteiger partial charge on any atom is -0.465 e. The average molecular weight is 368 g/mol. The summed E-state index contributed by atoms with van der Waals surface area (Å²) < 4.78 is 15.4. The Kier molecular flexibility index (Phi) is 5.07. The summed E-state index contributed by atoms with van der Waals surface area (Å²) in [6.07, 6.45) is 2.80. The smallest absolute Gasteiger partial charge is 0.342 e. The fourth-order valence-electron chi connectivity index (χ4n) is 2.72. The minimum absolute atomic E-state index is 0.162. The van der Waals surface area contributed by atoms with Crippen LogP contribution in [0.1, 0.15) is 26.3 Å². The Labute approximate surface area is 154 Å². The lowest BCUT2D eigenvalue weighted by Gasteiger charge is -2.12. The lowest BCUT2D eigenvalue weighted by molar-refractivity contribution is 0.0590. The molecule has 0 unspecified atom stereocenters. The Bertz CT molecular complexity index is 1040. The van der Waals surface area contributed by atoms with Crippen LogP contribution in [-0.4, -0.2) is 42.6 Å². The van der Waals surface area contributed by atoms with Crippen LogP contribution in [0.5, 0.6) is 11.5 Å². The molecule has 0 aliphatic carbocycles. The van der Waals surface area contributed by atoms with Crippen molar-refractivity contribution in [1.29, 1.82) is 0 Å². The normalized spacial score (nSPS) is 10.9. The molecule has 0 saturated heterocycles. The molecule has 0 saturated carbocycles. The van der Waals surface area contributed by atoms with Gasteiger partial charge in [0.2, 0.25) is 0 Å². The number of rotatable bonds is 5. The quantitative estimate of drug-likeness (QED) is 0.309. The molecule has 27 heavy (non-hydrogen) atoms. The van der Waals surface area contributed by atoms with Gasteiger partial charge in [-0.3, -0.25) is 0 Å². The molecule has 8 nitrogen and oxygen atoms in total. The SMILES string of the molecule is COC(=O)c1cccc(Oc2ccc3[nH]cc(C=NO)c3c2C(=O)OC)c1. The number of oxime groups is 1. The number of hydrogen-bond donors (Lipinski definition) is 2. The Balaban J connectivity index is 2.13. The van der Waals surface area contributed by atoms with Crippen molar-refractivity contribution in [1.82, 2.24) is 4.98 Å². The van der Waals surface area contributed by atoms with E-state index >= 15 is 0 Å². The highest BCUT2D eigenvalue weighted by Gasteiger charge is 2.21. The summed E-state index contributed by atoms with van der Waals surface area (Å²) in [6.45, 7) is 0. The zero-order chi connectivity index (χ0) is 19.4. The number of carbonyl (C=O) groups excluding carboxylic acids is 2. The Morgan fingerprint density at radius 1 is 1.11 bits per heavy atom. The maximum absolute atomic E-state index is 12.4. The number of carbonyl (C=O) groups is 2. The Hall–Kier alpha value is -3.81. The van der Waals surface area contributed by atoms with E-state index in [1.54, 1.807) is 36.5 Å². The van der Waals surface area contributed by atoms with Gasteiger partial charge in [0.1, 0.15) is 17.1 Å². The first kappa shape index (κ1) is 18.0. The molecule has 0 spiro atoms. The number of H-pyrrole nitrogens is 1. The molecule has 1 aromatic heterocycles. The summed E-state index contributed by atoms with van der Waals surface area (Å²) in [4.78, 5) is 27.1. The van der Waals surface area contributed by atoms with Gasteiger partial charge in [-0.15, -0.1) is 0 Å². The van der Waals surface area contributed by atoms with Gasteiger partial charge in [-0.25, -0.2) is 9.59 Å². The summed E-state index contributed by atoms with van der Waals surface area (Å²) in [6, 6.07) is 9.70. The molecule has 0 aliphatic rings. The van der Waals surface area contributed by atoms with Crippen molar-refractivity contribution in [2.24, 2.45) is 5.16 Å². The van der Waals surface area contributed by atoms with Gasteiger partial charge in [0.25, 0.3) is 0 Å². The van der Waals surface area contributed by atoms with Gasteiger partial charge in [0.15, 0.2) is 0 Å². The summed E-state index contributed by atoms with van der Waals surface area (Å²) in [5, 5.41) is 12.4. The first-order chi connectivity index (χ1) is 13.1. The number of aromatic nitrogens is 1. The first-order valence-corrected chi connectivity index (χ1v) is 7.85. The molecule has 3 rings (SSSR count). The van der Waals surface area contributed by atoms with Crippen molar-refractivity contribution in [3.05, 3.63) is 59.3 Å². The van der Waals surface area contributed by atoms with Crippen molar-refractivity contribution < 1.29 is 29.0 Å². The highest BCUT2D eigenvalue weighted by molar-refractivity contribution is 6.12. The number of aromatic amines is 1. The van der Waals surface area contributed by atoms with E-state index < -0.39 is 11.9 Å². The van der Waals surface area contributed by atoms with E-state index in [0.29, 0.717) is 27.8 Å². The van der Waals surface area contributed by atoms with Crippen LogP contribution >= 0.6 is 0 Å². The predicted octanol–water partition coefficient (Wildman–Crippen LogP) is 3.34. The number of fused-ring (bicyclic) bond motifs is 1. The summed E-state index contributed by atoms with van der Waals surface area (Å²) in [7, 11) is 2.55. The second-order valence-corrected chi connectivity index (χ2v) is 5.46. The highest BCUT2D eigenvalue weighted by atomic mass is 16.5. The molecular formula is C19H16N2O6. The van der Waals surface area contributed by atoms with Crippen molar-refractivity contribution in [3.8, 4) is 11.5 Å². The number of esters is 2. The van der Waals surface area contributed by atoms with Gasteiger partial charge in [0, 0.05) is 22.7 Å². The van der Waals surface area contributed by atoms with Gasteiger partial charge >= 0.3 is 11.9 Å². The van der Waals surface area contributed by atoms with E-state index in [1.807, 2.05) is 0 Å². The maximum atomic E-state index is 12.4. The fourth-order valence-corrected chi connectivity index (χ4v) is 2.72. The number of nitrogens with one attached hydrogen (secondary N) is 1. The van der Waals surface area contributed by atoms with Gasteiger partial charge in [-0.1, -0.05) is 11.2 Å². The van der Waals surface area contributed by atoms with Crippen molar-refractivity contribution in [3.63, 3.8) is 0 Å². The van der Waals surface area contributed by atoms with E-state index in [1.165, 1.54) is 26.5 Å². The minimum atomic E-state index is -0.619. The topological polar surface area (TPSA) is 110 Å². The second-order valence-electron chi connectivity index (χ2n) is 5.46. The molecule has 138 valence electrons. The molecule has 0 bridgehead atoms. The summed E-state index contributed by atoms with van der Waals surface area (Å²) >= 11 is 0. The molecule has 2 aromatic carbocycles. The molecule has 0 amide bonds. The van der Waals surface area contributed by atoms with Gasteiger partial charge < -0.3 is 24.4 Å². The van der Waals surface area contributed by atoms with Crippen LogP contribution < -0.4 is 4.74 Å². The van der Waals surface area contributed by atoms with Crippen LogP contribution in [0.3, 0.4) is 0 Å². The van der Waals surface area contributed by atoms with Crippen LogP contribution in [-0.2, 0) is 9.47 Å². The third-order valence-corrected chi connectivity index (χ3v) is 3.91. The second kappa shape index (κ2) is 7.61. The van der Waals surface area contributed by atoms with Crippen molar-refractivity contribution >= 4 is 29.1 Å². The van der Waals surface area contributed by atoms with Crippen LogP contribution in [0, 0.1) is 0 Å². The molecule has 3 aromatic rings. The standard InChI is InChI=1S/C19H16N2O6/c1-25-18(22)11-4-3-5-13(8-11)27-15-7-6-14-16(17(15)19(23)26-2)12(9-20-14)10-21-24/h3-10,20,24H,1-2H3. The number of hydrogen-bond acceptors (Lipinski definition) is 7. The zero-order valence-electron chi connectivity index (χ0n) is 14.6. The number of ether oxygens (including phenoxy) is 3. The number of benzene rings is 2. The molecule has 8 heteroatoms. The van der Waals surface area contributed by atoms with Crippen LogP contribution in [0.2, 0.25) is 0 Å². The highest BCUT2D eigenvalue weighted by Crippen LogP contribution is 2.33. The average Bonchev–Trinajstić information content (AvgIpc) is 3.10. The Morgan fingerprint density at radius 3 is 2.59 bits per heavy atom. The third kappa shape index (κ3) is 3.45. The summed E-state index contributed by atoms with van der Waals surface area (Å²) in [5.41, 5.74) is 1.60. The van der Waals surface area contributed by atoms with Crippen LogP contribution in [0.15, 0.2) is 47.8 Å². The number of methoxy groups -OCH3 is 2. The fraction of sp³-hybridized carbons (Fsp3) is 0.105. The van der Waals surface area contributed by atoms with Crippen LogP contribution in [0.4, 0.5) is 0 Å². The molecule has 0 radical (unpaired) electrons. The third-order valence-electron chi connectivity index (χ3n) is 3.91. The molecule has 1 heterocycles. The summed E-state index contributed by atoms with van der Waals surface area (Å²) in [5.74, 6) is -0.554. The largest absolute Gasteiger partial charge is 0.465 e. The molecular weight excluding hydrogens is 352 g/mol. The van der Waals surface area contributed by atoms with E-state index in [-0.39, 0.29) is 11.3 Å². The first-order valence-electron chi connectivity index (χ1n) is 7.85. The van der Waals surface area contributed by atoms with Gasteiger partial charge in [-0.05, 0) is 30.3 Å². The van der Waals surface area contributed by atoms with E-state index in [4.69, 9.17) is 19.4 Å². The van der Waals surface area contributed by atoms with E-state index in [9.17, 15) is 9.59 Å². The lowest BCUT2D eigenvalue weighted by atomic mass is 10.1. The Morgan fingerprint density at radius 2 is 1.89 bits per heavy atom. The molecule has 0 fully saturated rings. The monoisotopic (exact) mass is 368 g/mol. The van der Waals surface area contributed by atoms with Gasteiger partial charge in [-0.2, -0.15) is 0 Å². The molecule has 2 N–H and O–H groups in total. The lowest BCUT2D eigenvalue weighted by Crippen LogP contribution is -2.06. The van der Waals surface area contributed by atoms with Crippen LogP contribution in [0.25, 0.3) is 10.9 Å². The molecule has 0 atom stereocenters. The van der Waals surface area contributed by atoms with Gasteiger partial charge in [0.05, 0.1) is 26.0 Å². The van der Waals surface area contributed by atoms with E-state index in [2.05, 4.69) is 10.1 Å². The predicted molar refractivity (Wildman–Crippen MR) is 96.9 cm³/mol. The van der Waals surface area contributed by atoms with Crippen molar-refractivity contribution in [2.75, 3.05) is 14.2 Å². The van der Waals surface area contributed by atoms with Crippen molar-refractivity contribution in [2.45, 2.75) is 0 Å². The van der Waals surface area contributed by atoms with E-state index in [0.717, 1.165) is 0 Å². The number of nitrogens with zero attached hydrogens (tertiary/aromatic N) is 1. The zero-order valence-corrected chi connectivity index (χ0v) is 14.6. The maximum Gasteiger partial charge on any atom is 0.342 e.